The Labute approximate surface area is 164 Å². The minimum absolute atomic E-state index is 0.330. The molecule has 0 fully saturated rings. The van der Waals surface area contributed by atoms with E-state index in [1.807, 2.05) is 0 Å². The van der Waals surface area contributed by atoms with E-state index in [9.17, 15) is 10.2 Å². The molecule has 0 aliphatic heterocycles. The topological polar surface area (TPSA) is 40.5 Å². The Morgan fingerprint density at radius 3 is 0.750 bits per heavy atom. The zero-order valence-corrected chi connectivity index (χ0v) is 19.1. The van der Waals surface area contributed by atoms with Crippen LogP contribution in [0, 0.1) is 0 Å². The highest BCUT2D eigenvalue weighted by Crippen LogP contribution is 2.56. The molecule has 2 N–H and O–H groups in total. The van der Waals surface area contributed by atoms with Crippen molar-refractivity contribution < 1.29 is 10.2 Å². The van der Waals surface area contributed by atoms with Crippen LogP contribution in [0.5, 0.6) is 11.5 Å². The molecule has 24 heavy (non-hydrogen) atoms. The first kappa shape index (κ1) is 22.3. The lowest BCUT2D eigenvalue weighted by Crippen LogP contribution is -1.99. The molecule has 0 spiro atoms. The normalized spacial score (nSPS) is 12.2. The zero-order valence-electron chi connectivity index (χ0n) is 15.8. The number of hydrogen-bond donors (Lipinski definition) is 2. The molecule has 0 saturated heterocycles. The Morgan fingerprint density at radius 1 is 0.458 bits per heavy atom. The average molecular weight is 407 g/mol. The minimum Gasteiger partial charge on any atom is -0.506 e. The summed E-state index contributed by atoms with van der Waals surface area (Å²) >= 11 is 6.49. The van der Waals surface area contributed by atoms with Crippen molar-refractivity contribution in [3.05, 3.63) is 0 Å². The molecule has 0 unspecified atom stereocenters. The fourth-order valence-electron chi connectivity index (χ4n) is 2.02. The molecule has 1 aromatic rings. The molecule has 0 aliphatic rings. The van der Waals surface area contributed by atoms with Gasteiger partial charge < -0.3 is 10.2 Å². The first-order valence-electron chi connectivity index (χ1n) is 8.33. The van der Waals surface area contributed by atoms with Crippen molar-refractivity contribution >= 4 is 47.0 Å². The van der Waals surface area contributed by atoms with Crippen molar-refractivity contribution in [2.45, 2.75) is 96.0 Å². The van der Waals surface area contributed by atoms with E-state index >= 15 is 0 Å². The highest BCUT2D eigenvalue weighted by molar-refractivity contribution is 8.04. The monoisotopic (exact) mass is 406 g/mol. The van der Waals surface area contributed by atoms with Crippen molar-refractivity contribution in [1.29, 1.82) is 0 Å². The van der Waals surface area contributed by atoms with Gasteiger partial charge in [-0.05, 0) is 0 Å². The second-order valence-corrected chi connectivity index (χ2v) is 13.0. The number of phenolic OH excluding ortho intramolecular Hbond substituents is 2. The van der Waals surface area contributed by atoms with E-state index in [2.05, 4.69) is 55.4 Å². The van der Waals surface area contributed by atoms with Crippen LogP contribution in [0.2, 0.25) is 0 Å². The molecule has 0 amide bonds. The highest BCUT2D eigenvalue weighted by Gasteiger charge is 2.27. The fraction of sp³-hybridized carbons (Fsp3) is 0.667. The molecule has 0 aliphatic carbocycles. The average Bonchev–Trinajstić information content (AvgIpc) is 2.42. The Morgan fingerprint density at radius 2 is 0.625 bits per heavy atom. The zero-order chi connectivity index (χ0) is 18.6. The SMILES string of the molecule is CC(C)Sc1c(O)c(SC(C)C)c(SC(C)C)c(O)c1SC(C)C. The van der Waals surface area contributed by atoms with Crippen molar-refractivity contribution in [1.82, 2.24) is 0 Å². The van der Waals surface area contributed by atoms with Crippen LogP contribution in [0.4, 0.5) is 0 Å². The van der Waals surface area contributed by atoms with E-state index in [0.29, 0.717) is 32.5 Å². The Hall–Kier alpha value is 0.220. The molecule has 1 aromatic carbocycles. The maximum atomic E-state index is 11.0. The van der Waals surface area contributed by atoms with E-state index in [1.54, 1.807) is 47.0 Å². The predicted molar refractivity (Wildman–Crippen MR) is 114 cm³/mol. The van der Waals surface area contributed by atoms with E-state index in [1.165, 1.54) is 0 Å². The molecule has 0 atom stereocenters. The quantitative estimate of drug-likeness (QED) is 0.354. The van der Waals surface area contributed by atoms with E-state index in [0.717, 1.165) is 19.6 Å². The maximum absolute atomic E-state index is 11.0. The smallest absolute Gasteiger partial charge is 0.145 e. The van der Waals surface area contributed by atoms with Gasteiger partial charge in [0, 0.05) is 21.0 Å². The van der Waals surface area contributed by atoms with Crippen LogP contribution in [-0.2, 0) is 0 Å². The summed E-state index contributed by atoms with van der Waals surface area (Å²) in [6.07, 6.45) is 0. The number of rotatable bonds is 8. The third kappa shape index (κ3) is 6.19. The molecule has 2 nitrogen and oxygen atoms in total. The van der Waals surface area contributed by atoms with Gasteiger partial charge in [0.1, 0.15) is 11.5 Å². The second-order valence-electron chi connectivity index (χ2n) is 6.68. The standard InChI is InChI=1S/C18H30O2S4/c1-9(2)21-15-13(19)17(23-11(5)6)18(24-12(7)8)14(20)16(15)22-10(3)4/h9-12,19-20H,1-8H3. The molecule has 6 heteroatoms. The lowest BCUT2D eigenvalue weighted by atomic mass is 10.3. The summed E-state index contributed by atoms with van der Waals surface area (Å²) in [6, 6.07) is 0. The first-order valence-corrected chi connectivity index (χ1v) is 11.8. The third-order valence-electron chi connectivity index (χ3n) is 2.69. The van der Waals surface area contributed by atoms with Gasteiger partial charge in [-0.15, -0.1) is 47.0 Å². The summed E-state index contributed by atoms with van der Waals surface area (Å²) < 4.78 is 0. The number of hydrogen-bond acceptors (Lipinski definition) is 6. The summed E-state index contributed by atoms with van der Waals surface area (Å²) in [6.45, 7) is 16.9. The van der Waals surface area contributed by atoms with Crippen LogP contribution < -0.4 is 0 Å². The molecular weight excluding hydrogens is 376 g/mol. The molecule has 1 rings (SSSR count). The van der Waals surface area contributed by atoms with Gasteiger partial charge in [0.05, 0.1) is 19.6 Å². The molecular formula is C18H30O2S4. The summed E-state index contributed by atoms with van der Waals surface area (Å²) in [5.74, 6) is 0.660. The van der Waals surface area contributed by atoms with Gasteiger partial charge in [0.15, 0.2) is 0 Å². The lowest BCUT2D eigenvalue weighted by molar-refractivity contribution is 0.409. The number of thioether (sulfide) groups is 4. The van der Waals surface area contributed by atoms with Gasteiger partial charge in [-0.25, -0.2) is 0 Å². The van der Waals surface area contributed by atoms with Crippen LogP contribution >= 0.6 is 47.0 Å². The second kappa shape index (κ2) is 9.79. The van der Waals surface area contributed by atoms with Crippen molar-refractivity contribution in [3.8, 4) is 11.5 Å². The molecule has 0 saturated carbocycles. The van der Waals surface area contributed by atoms with Gasteiger partial charge in [-0.1, -0.05) is 55.4 Å². The largest absolute Gasteiger partial charge is 0.506 e. The summed E-state index contributed by atoms with van der Waals surface area (Å²) in [4.78, 5) is 3.27. The van der Waals surface area contributed by atoms with Crippen LogP contribution in [0.1, 0.15) is 55.4 Å². The molecule has 0 aromatic heterocycles. The fourth-order valence-corrected chi connectivity index (χ4v) is 6.28. The van der Waals surface area contributed by atoms with Gasteiger partial charge >= 0.3 is 0 Å². The summed E-state index contributed by atoms with van der Waals surface area (Å²) in [7, 11) is 0. The van der Waals surface area contributed by atoms with E-state index in [-0.39, 0.29) is 0 Å². The maximum Gasteiger partial charge on any atom is 0.145 e. The number of benzene rings is 1. The van der Waals surface area contributed by atoms with E-state index in [4.69, 9.17) is 0 Å². The van der Waals surface area contributed by atoms with Gasteiger partial charge in [0.25, 0.3) is 0 Å². The van der Waals surface area contributed by atoms with Crippen LogP contribution in [0.25, 0.3) is 0 Å². The Kier molecular flexibility index (Phi) is 9.08. The molecule has 0 radical (unpaired) electrons. The molecule has 138 valence electrons. The molecule has 0 heterocycles. The lowest BCUT2D eigenvalue weighted by Gasteiger charge is -2.23. The third-order valence-corrected chi connectivity index (χ3v) is 7.36. The molecule has 0 bridgehead atoms. The minimum atomic E-state index is 0.330. The number of aromatic hydroxyl groups is 2. The highest BCUT2D eigenvalue weighted by atomic mass is 32.2. The van der Waals surface area contributed by atoms with Crippen molar-refractivity contribution in [3.63, 3.8) is 0 Å². The number of phenols is 2. The van der Waals surface area contributed by atoms with Gasteiger partial charge in [-0.3, -0.25) is 0 Å². The van der Waals surface area contributed by atoms with Crippen LogP contribution in [-0.4, -0.2) is 31.2 Å². The van der Waals surface area contributed by atoms with Crippen LogP contribution in [0.15, 0.2) is 19.6 Å². The Balaban J connectivity index is 3.64. The van der Waals surface area contributed by atoms with Crippen molar-refractivity contribution in [2.75, 3.05) is 0 Å². The van der Waals surface area contributed by atoms with Gasteiger partial charge in [-0.2, -0.15) is 0 Å². The summed E-state index contributed by atoms with van der Waals surface area (Å²) in [5, 5.41) is 23.4. The predicted octanol–water partition coefficient (Wildman–Crippen LogP) is 7.10. The first-order chi connectivity index (χ1) is 11.0. The Bertz CT molecular complexity index is 460. The van der Waals surface area contributed by atoms with Gasteiger partial charge in [0.2, 0.25) is 0 Å². The summed E-state index contributed by atoms with van der Waals surface area (Å²) in [5.41, 5.74) is 0. The van der Waals surface area contributed by atoms with E-state index < -0.39 is 0 Å². The van der Waals surface area contributed by atoms with Crippen molar-refractivity contribution in [2.24, 2.45) is 0 Å². The van der Waals surface area contributed by atoms with Crippen LogP contribution in [0.3, 0.4) is 0 Å².